The van der Waals surface area contributed by atoms with E-state index < -0.39 is 0 Å². The third kappa shape index (κ3) is 2.96. The maximum atomic E-state index is 3.59. The summed E-state index contributed by atoms with van der Waals surface area (Å²) in [7, 11) is 2.17. The molecule has 2 aliphatic carbocycles. The molecule has 2 aliphatic rings. The molecule has 0 bridgehead atoms. The van der Waals surface area contributed by atoms with Crippen LogP contribution in [0.5, 0.6) is 0 Å². The molecule has 0 aromatic rings. The molecule has 0 aromatic heterocycles. The molecule has 0 aliphatic heterocycles. The molecule has 2 fully saturated rings. The predicted molar refractivity (Wildman–Crippen MR) is 65.9 cm³/mol. The van der Waals surface area contributed by atoms with Gasteiger partial charge in [-0.2, -0.15) is 0 Å². The van der Waals surface area contributed by atoms with Crippen molar-refractivity contribution in [3.05, 3.63) is 0 Å². The second kappa shape index (κ2) is 5.34. The fraction of sp³-hybridized carbons (Fsp3) is 1.00. The maximum Gasteiger partial charge on any atom is 0.00950 e. The first-order valence-corrected chi connectivity index (χ1v) is 6.97. The second-order valence-electron chi connectivity index (χ2n) is 5.96. The van der Waals surface area contributed by atoms with Crippen molar-refractivity contribution >= 4 is 0 Å². The lowest BCUT2D eigenvalue weighted by Crippen LogP contribution is -2.38. The van der Waals surface area contributed by atoms with Gasteiger partial charge in [0.05, 0.1) is 0 Å². The van der Waals surface area contributed by atoms with Crippen molar-refractivity contribution in [3.63, 3.8) is 0 Å². The zero-order valence-corrected chi connectivity index (χ0v) is 10.5. The largest absolute Gasteiger partial charge is 0.317 e. The molecule has 3 unspecified atom stereocenters. The summed E-state index contributed by atoms with van der Waals surface area (Å²) in [6.07, 6.45) is 11.8. The van der Waals surface area contributed by atoms with Crippen LogP contribution in [0, 0.1) is 17.8 Å². The van der Waals surface area contributed by atoms with Crippen LogP contribution in [0.3, 0.4) is 0 Å². The zero-order valence-electron chi connectivity index (χ0n) is 10.5. The molecule has 3 atom stereocenters. The van der Waals surface area contributed by atoms with E-state index in [1.807, 2.05) is 0 Å². The molecule has 2 saturated carbocycles. The third-order valence-corrected chi connectivity index (χ3v) is 4.73. The lowest BCUT2D eigenvalue weighted by Gasteiger charge is -2.37. The van der Waals surface area contributed by atoms with Gasteiger partial charge in [0.15, 0.2) is 0 Å². The van der Waals surface area contributed by atoms with Gasteiger partial charge in [0.2, 0.25) is 0 Å². The average Bonchev–Trinajstić information content (AvgIpc) is 2.16. The standard InChI is InChI=1S/C14H27N/c1-11-5-3-8-13(9-11)14(15-2)10-12-6-4-7-12/h11-15H,3-10H2,1-2H3. The highest BCUT2D eigenvalue weighted by Gasteiger charge is 2.29. The molecule has 15 heavy (non-hydrogen) atoms. The van der Waals surface area contributed by atoms with E-state index >= 15 is 0 Å². The summed E-state index contributed by atoms with van der Waals surface area (Å²) in [6, 6.07) is 0.818. The summed E-state index contributed by atoms with van der Waals surface area (Å²) in [5, 5.41) is 3.59. The fourth-order valence-electron chi connectivity index (χ4n) is 3.48. The van der Waals surface area contributed by atoms with Crippen molar-refractivity contribution in [1.29, 1.82) is 0 Å². The first-order valence-electron chi connectivity index (χ1n) is 6.97. The Labute approximate surface area is 95.0 Å². The molecule has 0 radical (unpaired) electrons. The van der Waals surface area contributed by atoms with Gasteiger partial charge >= 0.3 is 0 Å². The second-order valence-corrected chi connectivity index (χ2v) is 5.96. The maximum absolute atomic E-state index is 3.59. The smallest absolute Gasteiger partial charge is 0.00950 e. The first-order chi connectivity index (χ1) is 7.29. The number of rotatable bonds is 4. The van der Waals surface area contributed by atoms with Crippen molar-refractivity contribution in [2.45, 2.75) is 64.3 Å². The van der Waals surface area contributed by atoms with Crippen LogP contribution in [0.15, 0.2) is 0 Å². The Balaban J connectivity index is 1.81. The van der Waals surface area contributed by atoms with Gasteiger partial charge < -0.3 is 5.32 Å². The van der Waals surface area contributed by atoms with Crippen molar-refractivity contribution in [3.8, 4) is 0 Å². The summed E-state index contributed by atoms with van der Waals surface area (Å²) in [5.74, 6) is 3.00. The van der Waals surface area contributed by atoms with Gasteiger partial charge in [-0.25, -0.2) is 0 Å². The number of hydrogen-bond acceptors (Lipinski definition) is 1. The van der Waals surface area contributed by atoms with Crippen LogP contribution in [0.4, 0.5) is 0 Å². The Morgan fingerprint density at radius 3 is 2.40 bits per heavy atom. The summed E-state index contributed by atoms with van der Waals surface area (Å²) >= 11 is 0. The van der Waals surface area contributed by atoms with Crippen molar-refractivity contribution in [2.75, 3.05) is 7.05 Å². The summed E-state index contributed by atoms with van der Waals surface area (Å²) in [6.45, 7) is 2.43. The van der Waals surface area contributed by atoms with Gasteiger partial charge in [0.25, 0.3) is 0 Å². The van der Waals surface area contributed by atoms with E-state index in [9.17, 15) is 0 Å². The molecular weight excluding hydrogens is 182 g/mol. The molecule has 2 rings (SSSR count). The van der Waals surface area contributed by atoms with Crippen LogP contribution in [0.2, 0.25) is 0 Å². The van der Waals surface area contributed by atoms with E-state index in [-0.39, 0.29) is 0 Å². The zero-order chi connectivity index (χ0) is 10.7. The highest BCUT2D eigenvalue weighted by molar-refractivity contribution is 4.84. The Kier molecular flexibility index (Phi) is 4.07. The SMILES string of the molecule is CNC(CC1CCC1)C1CCCC(C)C1. The van der Waals surface area contributed by atoms with Crippen LogP contribution in [-0.2, 0) is 0 Å². The minimum absolute atomic E-state index is 0.818. The highest BCUT2D eigenvalue weighted by atomic mass is 14.9. The van der Waals surface area contributed by atoms with Gasteiger partial charge in [0, 0.05) is 6.04 Å². The quantitative estimate of drug-likeness (QED) is 0.746. The minimum atomic E-state index is 0.818. The summed E-state index contributed by atoms with van der Waals surface area (Å²) in [4.78, 5) is 0. The Hall–Kier alpha value is -0.0400. The van der Waals surface area contributed by atoms with Crippen LogP contribution in [-0.4, -0.2) is 13.1 Å². The molecular formula is C14H27N. The van der Waals surface area contributed by atoms with E-state index in [4.69, 9.17) is 0 Å². The van der Waals surface area contributed by atoms with Crippen LogP contribution >= 0.6 is 0 Å². The van der Waals surface area contributed by atoms with E-state index in [0.717, 1.165) is 23.8 Å². The van der Waals surface area contributed by atoms with Crippen molar-refractivity contribution in [1.82, 2.24) is 5.32 Å². The van der Waals surface area contributed by atoms with Gasteiger partial charge in [-0.3, -0.25) is 0 Å². The molecule has 0 spiro atoms. The molecule has 0 amide bonds. The van der Waals surface area contributed by atoms with E-state index in [2.05, 4.69) is 19.3 Å². The van der Waals surface area contributed by atoms with E-state index in [1.54, 1.807) is 0 Å². The lowest BCUT2D eigenvalue weighted by atomic mass is 9.73. The van der Waals surface area contributed by atoms with Crippen LogP contribution in [0.25, 0.3) is 0 Å². The molecule has 0 aromatic carbocycles. The van der Waals surface area contributed by atoms with Gasteiger partial charge in [0.1, 0.15) is 0 Å². The predicted octanol–water partition coefficient (Wildman–Crippen LogP) is 3.59. The van der Waals surface area contributed by atoms with Crippen LogP contribution in [0.1, 0.15) is 58.3 Å². The molecule has 88 valence electrons. The number of hydrogen-bond donors (Lipinski definition) is 1. The normalized spacial score (nSPS) is 34.8. The average molecular weight is 209 g/mol. The minimum Gasteiger partial charge on any atom is -0.317 e. The first kappa shape index (κ1) is 11.4. The Bertz CT molecular complexity index is 186. The lowest BCUT2D eigenvalue weighted by molar-refractivity contribution is 0.177. The topological polar surface area (TPSA) is 12.0 Å². The molecule has 0 saturated heterocycles. The van der Waals surface area contributed by atoms with Crippen molar-refractivity contribution in [2.24, 2.45) is 17.8 Å². The van der Waals surface area contributed by atoms with Gasteiger partial charge in [-0.05, 0) is 44.1 Å². The highest BCUT2D eigenvalue weighted by Crippen LogP contribution is 2.36. The fourth-order valence-corrected chi connectivity index (χ4v) is 3.48. The molecule has 0 heterocycles. The van der Waals surface area contributed by atoms with Gasteiger partial charge in [-0.1, -0.05) is 39.0 Å². The van der Waals surface area contributed by atoms with E-state index in [0.29, 0.717) is 0 Å². The Morgan fingerprint density at radius 1 is 1.13 bits per heavy atom. The number of nitrogens with one attached hydrogen (secondary N) is 1. The summed E-state index contributed by atoms with van der Waals surface area (Å²) < 4.78 is 0. The monoisotopic (exact) mass is 209 g/mol. The molecule has 1 heteroatoms. The molecule has 1 N–H and O–H groups in total. The van der Waals surface area contributed by atoms with Crippen molar-refractivity contribution < 1.29 is 0 Å². The third-order valence-electron chi connectivity index (χ3n) is 4.73. The van der Waals surface area contributed by atoms with Gasteiger partial charge in [-0.15, -0.1) is 0 Å². The van der Waals surface area contributed by atoms with E-state index in [1.165, 1.54) is 51.4 Å². The Morgan fingerprint density at radius 2 is 1.87 bits per heavy atom. The van der Waals surface area contributed by atoms with Crippen LogP contribution < -0.4 is 5.32 Å². The summed E-state index contributed by atoms with van der Waals surface area (Å²) in [5.41, 5.74) is 0. The molecule has 1 nitrogen and oxygen atoms in total.